The molecule has 1 spiro atoms. The van der Waals surface area contributed by atoms with Crippen LogP contribution in [0.3, 0.4) is 0 Å². The van der Waals surface area contributed by atoms with Crippen LogP contribution in [0.1, 0.15) is 64.2 Å². The van der Waals surface area contributed by atoms with Gasteiger partial charge in [0.05, 0.1) is 5.92 Å². The molecule has 2 fully saturated rings. The van der Waals surface area contributed by atoms with Crippen molar-refractivity contribution in [3.63, 3.8) is 0 Å². The van der Waals surface area contributed by atoms with E-state index < -0.39 is 0 Å². The Balaban J connectivity index is 1.47. The average molecular weight is 431 g/mol. The van der Waals surface area contributed by atoms with Crippen molar-refractivity contribution in [1.82, 2.24) is 0 Å². The van der Waals surface area contributed by atoms with Crippen LogP contribution < -0.4 is 0 Å². The summed E-state index contributed by atoms with van der Waals surface area (Å²) in [6, 6.07) is 19.3. The first-order valence-electron chi connectivity index (χ1n) is 12.5. The van der Waals surface area contributed by atoms with Crippen molar-refractivity contribution in [2.24, 2.45) is 34.0 Å². The molecule has 2 heteroatoms. The molecule has 2 nitrogen and oxygen atoms in total. The number of hydrogen-bond acceptors (Lipinski definition) is 2. The molecule has 4 atom stereocenters. The van der Waals surface area contributed by atoms with Crippen LogP contribution in [0.4, 0.5) is 0 Å². The number of esters is 1. The Hall–Kier alpha value is -2.09. The lowest BCUT2D eigenvalue weighted by molar-refractivity contribution is -0.174. The summed E-state index contributed by atoms with van der Waals surface area (Å²) in [4.78, 5) is 13.8. The second-order valence-electron chi connectivity index (χ2n) is 11.9. The third kappa shape index (κ3) is 3.01. The summed E-state index contributed by atoms with van der Waals surface area (Å²) in [5, 5.41) is 0. The number of carbonyl (C=O) groups excluding carboxylic acids is 1. The Bertz CT molecular complexity index is 980. The molecule has 1 unspecified atom stereocenters. The molecule has 2 aromatic carbocycles. The SMILES string of the molecule is CC(C)C(Cc1ccccc1)C(=O)O[C@@H]1C2(Cc3ccccc3C2)[C@H]2CC[C@]1(C)C2(C)C. The van der Waals surface area contributed by atoms with E-state index in [1.54, 1.807) is 0 Å². The maximum Gasteiger partial charge on any atom is 0.309 e. The summed E-state index contributed by atoms with van der Waals surface area (Å²) < 4.78 is 6.71. The fourth-order valence-corrected chi connectivity index (χ4v) is 7.83. The zero-order chi connectivity index (χ0) is 22.7. The maximum absolute atomic E-state index is 13.8. The molecule has 2 aromatic rings. The molecule has 2 saturated carbocycles. The number of rotatable bonds is 5. The van der Waals surface area contributed by atoms with E-state index in [1.807, 2.05) is 6.07 Å². The third-order valence-electron chi connectivity index (χ3n) is 9.89. The molecule has 3 aliphatic rings. The number of fused-ring (bicyclic) bond motifs is 4. The molecule has 0 aromatic heterocycles. The van der Waals surface area contributed by atoms with Crippen molar-refractivity contribution >= 4 is 5.97 Å². The molecule has 0 aliphatic heterocycles. The molecule has 0 N–H and O–H groups in total. The first-order chi connectivity index (χ1) is 15.2. The van der Waals surface area contributed by atoms with Gasteiger partial charge in [-0.05, 0) is 66.0 Å². The molecule has 3 aliphatic carbocycles. The van der Waals surface area contributed by atoms with Crippen LogP contribution in [-0.4, -0.2) is 12.1 Å². The van der Waals surface area contributed by atoms with E-state index in [1.165, 1.54) is 23.1 Å². The second kappa shape index (κ2) is 7.47. The van der Waals surface area contributed by atoms with Crippen LogP contribution in [0.2, 0.25) is 0 Å². The van der Waals surface area contributed by atoms with Crippen LogP contribution >= 0.6 is 0 Å². The average Bonchev–Trinajstić information content (AvgIpc) is 3.29. The monoisotopic (exact) mass is 430 g/mol. The first kappa shape index (κ1) is 21.7. The third-order valence-corrected chi connectivity index (χ3v) is 9.89. The molecule has 170 valence electrons. The highest BCUT2D eigenvalue weighted by Gasteiger charge is 2.74. The molecule has 5 rings (SSSR count). The van der Waals surface area contributed by atoms with Gasteiger partial charge in [-0.2, -0.15) is 0 Å². The van der Waals surface area contributed by atoms with Crippen LogP contribution in [0.15, 0.2) is 54.6 Å². The van der Waals surface area contributed by atoms with Crippen molar-refractivity contribution in [3.8, 4) is 0 Å². The van der Waals surface area contributed by atoms with E-state index in [4.69, 9.17) is 4.74 Å². The quantitative estimate of drug-likeness (QED) is 0.496. The van der Waals surface area contributed by atoms with Gasteiger partial charge in [0.1, 0.15) is 6.10 Å². The van der Waals surface area contributed by atoms with E-state index in [-0.39, 0.29) is 40.2 Å². The standard InChI is InChI=1S/C30H38O2/c1-20(2)24(17-21-11-7-6-8-12-21)26(31)32-27-29(5)16-15-25(28(29,3)4)30(27)18-22-13-9-10-14-23(22)19-30/h6-14,20,24-25,27H,15-19H2,1-5H3/t24?,25-,27-,29-/m0/s1. The molecule has 0 saturated heterocycles. The fourth-order valence-electron chi connectivity index (χ4n) is 7.83. The Morgan fingerprint density at radius 2 is 1.56 bits per heavy atom. The van der Waals surface area contributed by atoms with E-state index >= 15 is 0 Å². The summed E-state index contributed by atoms with van der Waals surface area (Å²) in [6.45, 7) is 11.6. The summed E-state index contributed by atoms with van der Waals surface area (Å²) in [7, 11) is 0. The van der Waals surface area contributed by atoms with Crippen molar-refractivity contribution in [1.29, 1.82) is 0 Å². The van der Waals surface area contributed by atoms with Gasteiger partial charge in [0, 0.05) is 10.8 Å². The number of benzene rings is 2. The highest BCUT2D eigenvalue weighted by atomic mass is 16.5. The lowest BCUT2D eigenvalue weighted by Gasteiger charge is -2.45. The van der Waals surface area contributed by atoms with Crippen molar-refractivity contribution in [3.05, 3.63) is 71.3 Å². The van der Waals surface area contributed by atoms with Gasteiger partial charge in [-0.15, -0.1) is 0 Å². The minimum Gasteiger partial charge on any atom is -0.461 e. The van der Waals surface area contributed by atoms with Gasteiger partial charge in [0.25, 0.3) is 0 Å². The van der Waals surface area contributed by atoms with Crippen molar-refractivity contribution in [2.75, 3.05) is 0 Å². The van der Waals surface area contributed by atoms with E-state index in [9.17, 15) is 4.79 Å². The van der Waals surface area contributed by atoms with Gasteiger partial charge in [-0.1, -0.05) is 89.2 Å². The zero-order valence-electron chi connectivity index (χ0n) is 20.4. The summed E-state index contributed by atoms with van der Waals surface area (Å²) >= 11 is 0. The summed E-state index contributed by atoms with van der Waals surface area (Å²) in [5.41, 5.74) is 4.39. The summed E-state index contributed by atoms with van der Waals surface area (Å²) in [5.74, 6) is 0.744. The maximum atomic E-state index is 13.8. The second-order valence-corrected chi connectivity index (χ2v) is 11.9. The van der Waals surface area contributed by atoms with E-state index in [0.29, 0.717) is 5.92 Å². The topological polar surface area (TPSA) is 26.3 Å². The van der Waals surface area contributed by atoms with Gasteiger partial charge in [-0.25, -0.2) is 0 Å². The Labute approximate surface area is 193 Å². The van der Waals surface area contributed by atoms with Crippen LogP contribution in [0.25, 0.3) is 0 Å². The number of hydrogen-bond donors (Lipinski definition) is 0. The Kier molecular flexibility index (Phi) is 5.07. The normalized spacial score (nSPS) is 29.9. The van der Waals surface area contributed by atoms with Crippen LogP contribution in [0.5, 0.6) is 0 Å². The lowest BCUT2D eigenvalue weighted by Crippen LogP contribution is -2.49. The Morgan fingerprint density at radius 1 is 0.969 bits per heavy atom. The largest absolute Gasteiger partial charge is 0.461 e. The highest BCUT2D eigenvalue weighted by molar-refractivity contribution is 5.73. The fraction of sp³-hybridized carbons (Fsp3) is 0.567. The van der Waals surface area contributed by atoms with Crippen molar-refractivity contribution in [2.45, 2.75) is 72.8 Å². The lowest BCUT2D eigenvalue weighted by atomic mass is 9.66. The van der Waals surface area contributed by atoms with E-state index in [0.717, 1.165) is 25.7 Å². The van der Waals surface area contributed by atoms with Gasteiger partial charge in [0.15, 0.2) is 0 Å². The molecular formula is C30H38O2. The smallest absolute Gasteiger partial charge is 0.309 e. The molecule has 0 amide bonds. The van der Waals surface area contributed by atoms with Gasteiger partial charge in [0.2, 0.25) is 0 Å². The molecular weight excluding hydrogens is 392 g/mol. The molecule has 0 radical (unpaired) electrons. The predicted octanol–water partition coefficient (Wildman–Crippen LogP) is 6.65. The Morgan fingerprint density at radius 3 is 2.16 bits per heavy atom. The molecule has 0 heterocycles. The first-order valence-corrected chi connectivity index (χ1v) is 12.5. The van der Waals surface area contributed by atoms with Gasteiger partial charge < -0.3 is 4.74 Å². The molecule has 32 heavy (non-hydrogen) atoms. The van der Waals surface area contributed by atoms with Gasteiger partial charge >= 0.3 is 5.97 Å². The summed E-state index contributed by atoms with van der Waals surface area (Å²) in [6.07, 6.45) is 5.25. The minimum absolute atomic E-state index is 0.00811. The minimum atomic E-state index is -0.107. The van der Waals surface area contributed by atoms with Gasteiger partial charge in [-0.3, -0.25) is 4.79 Å². The van der Waals surface area contributed by atoms with Crippen molar-refractivity contribution < 1.29 is 9.53 Å². The van der Waals surface area contributed by atoms with Crippen LogP contribution in [-0.2, 0) is 28.8 Å². The number of carbonyl (C=O) groups is 1. The van der Waals surface area contributed by atoms with E-state index in [2.05, 4.69) is 83.1 Å². The highest BCUT2D eigenvalue weighted by Crippen LogP contribution is 2.75. The predicted molar refractivity (Wildman–Crippen MR) is 129 cm³/mol. The number of ether oxygens (including phenoxy) is 1. The van der Waals surface area contributed by atoms with Crippen LogP contribution in [0, 0.1) is 34.0 Å². The zero-order valence-corrected chi connectivity index (χ0v) is 20.4. The molecule has 2 bridgehead atoms.